The smallest absolute Gasteiger partial charge is 0.186 e. The fourth-order valence-corrected chi connectivity index (χ4v) is 4.00. The van der Waals surface area contributed by atoms with Crippen molar-refractivity contribution in [2.75, 3.05) is 7.11 Å². The predicted molar refractivity (Wildman–Crippen MR) is 91.9 cm³/mol. The van der Waals surface area contributed by atoms with E-state index in [1.54, 1.807) is 0 Å². The Morgan fingerprint density at radius 1 is 1.00 bits per heavy atom. The van der Waals surface area contributed by atoms with Crippen LogP contribution in [0.5, 0.6) is 0 Å². The third kappa shape index (κ3) is 6.71. The maximum absolute atomic E-state index is 5.63. The second-order valence-corrected chi connectivity index (χ2v) is 10.9. The van der Waals surface area contributed by atoms with E-state index in [-0.39, 0.29) is 0 Å². The Balaban J connectivity index is 2.42. The molecule has 0 heterocycles. The second-order valence-electron chi connectivity index (χ2n) is 6.46. The summed E-state index contributed by atoms with van der Waals surface area (Å²) in [5.41, 5.74) is 1.53. The largest absolute Gasteiger partial charge is 0.420 e. The SMILES string of the molecule is CCCCC(CCCC[Si](C)(C)OC)c1ccccc1. The topological polar surface area (TPSA) is 9.23 Å². The van der Waals surface area contributed by atoms with Gasteiger partial charge in [-0.2, -0.15) is 0 Å². The molecule has 0 spiro atoms. The van der Waals surface area contributed by atoms with Gasteiger partial charge in [0.1, 0.15) is 0 Å². The van der Waals surface area contributed by atoms with Gasteiger partial charge >= 0.3 is 0 Å². The van der Waals surface area contributed by atoms with E-state index in [2.05, 4.69) is 50.3 Å². The molecule has 0 aliphatic heterocycles. The van der Waals surface area contributed by atoms with Crippen molar-refractivity contribution in [3.8, 4) is 0 Å². The Kier molecular flexibility index (Phi) is 8.16. The molecule has 1 aromatic carbocycles. The second kappa shape index (κ2) is 9.35. The minimum Gasteiger partial charge on any atom is -0.420 e. The van der Waals surface area contributed by atoms with Crippen LogP contribution in [0.2, 0.25) is 19.1 Å². The molecule has 20 heavy (non-hydrogen) atoms. The van der Waals surface area contributed by atoms with Crippen molar-refractivity contribution in [2.24, 2.45) is 0 Å². The van der Waals surface area contributed by atoms with Crippen LogP contribution in [0.25, 0.3) is 0 Å². The normalized spacial score (nSPS) is 13.4. The van der Waals surface area contributed by atoms with Gasteiger partial charge in [0, 0.05) is 7.11 Å². The third-order valence-corrected chi connectivity index (χ3v) is 6.97. The molecule has 0 aliphatic rings. The third-order valence-electron chi connectivity index (χ3n) is 4.31. The van der Waals surface area contributed by atoms with E-state index in [1.807, 2.05) is 7.11 Å². The van der Waals surface area contributed by atoms with Gasteiger partial charge in [0.15, 0.2) is 8.32 Å². The first-order valence-electron chi connectivity index (χ1n) is 8.19. The highest BCUT2D eigenvalue weighted by Gasteiger charge is 2.20. The molecular formula is C18H32OSi. The van der Waals surface area contributed by atoms with Crippen LogP contribution in [0.15, 0.2) is 30.3 Å². The van der Waals surface area contributed by atoms with Gasteiger partial charge in [-0.25, -0.2) is 0 Å². The molecule has 0 N–H and O–H groups in total. The van der Waals surface area contributed by atoms with Crippen LogP contribution in [0.3, 0.4) is 0 Å². The van der Waals surface area contributed by atoms with E-state index in [0.29, 0.717) is 0 Å². The zero-order chi connectivity index (χ0) is 14.8. The summed E-state index contributed by atoms with van der Waals surface area (Å²) >= 11 is 0. The van der Waals surface area contributed by atoms with Crippen LogP contribution in [0.4, 0.5) is 0 Å². The summed E-state index contributed by atoms with van der Waals surface area (Å²) in [7, 11) is 0.521. The zero-order valence-electron chi connectivity index (χ0n) is 13.8. The highest BCUT2D eigenvalue weighted by molar-refractivity contribution is 6.71. The summed E-state index contributed by atoms with van der Waals surface area (Å²) in [6, 6.07) is 12.4. The maximum atomic E-state index is 5.63. The highest BCUT2D eigenvalue weighted by Crippen LogP contribution is 2.28. The molecule has 0 fully saturated rings. The van der Waals surface area contributed by atoms with E-state index in [0.717, 1.165) is 5.92 Å². The Hall–Kier alpha value is -0.603. The molecule has 0 aromatic heterocycles. The lowest BCUT2D eigenvalue weighted by molar-refractivity contribution is 0.400. The Morgan fingerprint density at radius 3 is 2.25 bits per heavy atom. The summed E-state index contributed by atoms with van der Waals surface area (Å²) in [4.78, 5) is 0. The van der Waals surface area contributed by atoms with Gasteiger partial charge in [-0.3, -0.25) is 0 Å². The van der Waals surface area contributed by atoms with Crippen LogP contribution in [-0.2, 0) is 4.43 Å². The lowest BCUT2D eigenvalue weighted by Crippen LogP contribution is -2.27. The minimum absolute atomic E-state index is 0.753. The Labute approximate surface area is 126 Å². The van der Waals surface area contributed by atoms with Gasteiger partial charge in [-0.1, -0.05) is 62.9 Å². The van der Waals surface area contributed by atoms with Crippen molar-refractivity contribution < 1.29 is 4.43 Å². The average molecular weight is 293 g/mol. The van der Waals surface area contributed by atoms with Gasteiger partial charge in [0.05, 0.1) is 0 Å². The van der Waals surface area contributed by atoms with E-state index in [4.69, 9.17) is 4.43 Å². The summed E-state index contributed by atoms with van der Waals surface area (Å²) in [6.07, 6.45) is 7.97. The van der Waals surface area contributed by atoms with E-state index in [9.17, 15) is 0 Å². The molecule has 1 unspecified atom stereocenters. The molecule has 0 aliphatic carbocycles. The molecule has 1 rings (SSSR count). The van der Waals surface area contributed by atoms with Gasteiger partial charge in [0.25, 0.3) is 0 Å². The average Bonchev–Trinajstić information content (AvgIpc) is 2.47. The van der Waals surface area contributed by atoms with Crippen molar-refractivity contribution in [1.29, 1.82) is 0 Å². The number of hydrogen-bond acceptors (Lipinski definition) is 1. The quantitative estimate of drug-likeness (QED) is 0.380. The van der Waals surface area contributed by atoms with E-state index >= 15 is 0 Å². The molecule has 0 amide bonds. The van der Waals surface area contributed by atoms with Gasteiger partial charge in [-0.15, -0.1) is 0 Å². The molecule has 0 saturated carbocycles. The lowest BCUT2D eigenvalue weighted by Gasteiger charge is -2.21. The molecule has 1 aromatic rings. The summed E-state index contributed by atoms with van der Waals surface area (Å²) < 4.78 is 5.63. The number of unbranched alkanes of at least 4 members (excludes halogenated alkanes) is 2. The van der Waals surface area contributed by atoms with Crippen molar-refractivity contribution in [2.45, 2.75) is 70.5 Å². The predicted octanol–water partition coefficient (Wildman–Crippen LogP) is 5.98. The summed E-state index contributed by atoms with van der Waals surface area (Å²) in [5.74, 6) is 0.753. The molecule has 2 heteroatoms. The standard InChI is InChI=1S/C18H32OSi/c1-5-6-12-17(18-13-8-7-9-14-18)15-10-11-16-20(3,4)19-2/h7-9,13-14,17H,5-6,10-12,15-16H2,1-4H3. The minimum atomic E-state index is -1.35. The number of rotatable bonds is 10. The van der Waals surface area contributed by atoms with Crippen LogP contribution in [0, 0.1) is 0 Å². The van der Waals surface area contributed by atoms with Crippen LogP contribution >= 0.6 is 0 Å². The molecule has 0 saturated heterocycles. The van der Waals surface area contributed by atoms with Gasteiger partial charge in [-0.05, 0) is 43.5 Å². The van der Waals surface area contributed by atoms with Crippen LogP contribution in [0.1, 0.15) is 56.9 Å². The summed E-state index contributed by atoms with van der Waals surface area (Å²) in [6.45, 7) is 6.92. The Bertz CT molecular complexity index is 348. The fraction of sp³-hybridized carbons (Fsp3) is 0.667. The van der Waals surface area contributed by atoms with E-state index in [1.165, 1.54) is 50.1 Å². The van der Waals surface area contributed by atoms with Crippen molar-refractivity contribution in [3.63, 3.8) is 0 Å². The first kappa shape index (κ1) is 17.4. The molecular weight excluding hydrogens is 260 g/mol. The first-order valence-corrected chi connectivity index (χ1v) is 11.3. The fourth-order valence-electron chi connectivity index (χ4n) is 2.70. The first-order chi connectivity index (χ1) is 9.59. The van der Waals surface area contributed by atoms with Crippen LogP contribution in [-0.4, -0.2) is 15.4 Å². The molecule has 0 bridgehead atoms. The lowest BCUT2D eigenvalue weighted by atomic mass is 9.89. The summed E-state index contributed by atoms with van der Waals surface area (Å²) in [5, 5.41) is 0. The van der Waals surface area contributed by atoms with Gasteiger partial charge in [0.2, 0.25) is 0 Å². The van der Waals surface area contributed by atoms with Crippen molar-refractivity contribution in [3.05, 3.63) is 35.9 Å². The zero-order valence-corrected chi connectivity index (χ0v) is 14.8. The molecule has 1 nitrogen and oxygen atoms in total. The molecule has 114 valence electrons. The van der Waals surface area contributed by atoms with Crippen molar-refractivity contribution in [1.82, 2.24) is 0 Å². The Morgan fingerprint density at radius 2 is 1.65 bits per heavy atom. The van der Waals surface area contributed by atoms with Crippen molar-refractivity contribution >= 4 is 8.32 Å². The molecule has 1 atom stereocenters. The van der Waals surface area contributed by atoms with Gasteiger partial charge < -0.3 is 4.43 Å². The highest BCUT2D eigenvalue weighted by atomic mass is 28.4. The molecule has 0 radical (unpaired) electrons. The van der Waals surface area contributed by atoms with E-state index < -0.39 is 8.32 Å². The maximum Gasteiger partial charge on any atom is 0.186 e. The van der Waals surface area contributed by atoms with Crippen LogP contribution < -0.4 is 0 Å². The monoisotopic (exact) mass is 292 g/mol. The number of hydrogen-bond donors (Lipinski definition) is 0. The number of benzene rings is 1.